The second kappa shape index (κ2) is 7.34. The van der Waals surface area contributed by atoms with Gasteiger partial charge >= 0.3 is 0 Å². The summed E-state index contributed by atoms with van der Waals surface area (Å²) in [5.74, 6) is 0.749. The van der Waals surface area contributed by atoms with Crippen LogP contribution in [0.2, 0.25) is 0 Å². The largest absolute Gasteiger partial charge is 0.329 e. The van der Waals surface area contributed by atoms with Crippen molar-refractivity contribution < 1.29 is 0 Å². The third kappa shape index (κ3) is 5.27. The Morgan fingerprint density at radius 3 is 2.15 bits per heavy atom. The molecule has 1 atom stereocenters. The summed E-state index contributed by atoms with van der Waals surface area (Å²) in [5.41, 5.74) is 5.79. The van der Waals surface area contributed by atoms with E-state index in [1.165, 1.54) is 19.4 Å². The summed E-state index contributed by atoms with van der Waals surface area (Å²) in [6.45, 7) is 12.1. The fraction of sp³-hybridized carbons (Fsp3) is 1.00. The van der Waals surface area contributed by atoms with E-state index in [1.54, 1.807) is 0 Å². The summed E-state index contributed by atoms with van der Waals surface area (Å²) in [6.07, 6.45) is 2.45. The van der Waals surface area contributed by atoms with E-state index < -0.39 is 0 Å². The van der Waals surface area contributed by atoms with Crippen molar-refractivity contribution in [3.8, 4) is 0 Å². The molecular formula is C11H26N2. The minimum atomic E-state index is 0.588. The monoisotopic (exact) mass is 186 g/mol. The highest BCUT2D eigenvalue weighted by atomic mass is 15.2. The van der Waals surface area contributed by atoms with Crippen molar-refractivity contribution in [1.82, 2.24) is 4.90 Å². The lowest BCUT2D eigenvalue weighted by Crippen LogP contribution is -2.41. The normalized spacial score (nSPS) is 14.1. The van der Waals surface area contributed by atoms with Crippen LogP contribution in [0.25, 0.3) is 0 Å². The van der Waals surface area contributed by atoms with E-state index >= 15 is 0 Å². The lowest BCUT2D eigenvalue weighted by atomic mass is 10.0. The van der Waals surface area contributed by atoms with E-state index in [9.17, 15) is 0 Å². The van der Waals surface area contributed by atoms with Crippen molar-refractivity contribution in [3.05, 3.63) is 0 Å². The molecule has 0 aromatic carbocycles. The second-order valence-electron chi connectivity index (χ2n) is 4.15. The Balaban J connectivity index is 4.00. The molecule has 2 nitrogen and oxygen atoms in total. The fourth-order valence-corrected chi connectivity index (χ4v) is 1.82. The van der Waals surface area contributed by atoms with Gasteiger partial charge in [0, 0.05) is 12.6 Å². The predicted molar refractivity (Wildman–Crippen MR) is 59.8 cm³/mol. The SMILES string of the molecule is CCCN(CC)C(CN)CC(C)C. The van der Waals surface area contributed by atoms with E-state index in [2.05, 4.69) is 32.6 Å². The van der Waals surface area contributed by atoms with Gasteiger partial charge in [-0.1, -0.05) is 27.7 Å². The molecule has 13 heavy (non-hydrogen) atoms. The highest BCUT2D eigenvalue weighted by Crippen LogP contribution is 2.10. The summed E-state index contributed by atoms with van der Waals surface area (Å²) in [6, 6.07) is 0.588. The van der Waals surface area contributed by atoms with Crippen LogP contribution in [-0.4, -0.2) is 30.6 Å². The average Bonchev–Trinajstić information content (AvgIpc) is 2.10. The first kappa shape index (κ1) is 12.9. The number of likely N-dealkylation sites (N-methyl/N-ethyl adjacent to an activating group) is 1. The van der Waals surface area contributed by atoms with Gasteiger partial charge in [0.2, 0.25) is 0 Å². The number of hydrogen-bond donors (Lipinski definition) is 1. The maximum atomic E-state index is 5.79. The molecule has 0 radical (unpaired) electrons. The Morgan fingerprint density at radius 2 is 1.85 bits per heavy atom. The molecule has 0 fully saturated rings. The van der Waals surface area contributed by atoms with Crippen LogP contribution < -0.4 is 5.73 Å². The molecular weight excluding hydrogens is 160 g/mol. The first-order valence-corrected chi connectivity index (χ1v) is 5.59. The number of nitrogens with two attached hydrogens (primary N) is 1. The average molecular weight is 186 g/mol. The van der Waals surface area contributed by atoms with Crippen LogP contribution in [0.4, 0.5) is 0 Å². The molecule has 0 heterocycles. The van der Waals surface area contributed by atoms with Gasteiger partial charge in [0.1, 0.15) is 0 Å². The van der Waals surface area contributed by atoms with Gasteiger partial charge in [-0.05, 0) is 31.8 Å². The lowest BCUT2D eigenvalue weighted by Gasteiger charge is -2.30. The van der Waals surface area contributed by atoms with Crippen LogP contribution >= 0.6 is 0 Å². The topological polar surface area (TPSA) is 29.3 Å². The molecule has 0 aromatic heterocycles. The maximum Gasteiger partial charge on any atom is 0.0220 e. The Morgan fingerprint density at radius 1 is 1.23 bits per heavy atom. The minimum absolute atomic E-state index is 0.588. The molecule has 2 heteroatoms. The van der Waals surface area contributed by atoms with E-state index in [0.29, 0.717) is 6.04 Å². The van der Waals surface area contributed by atoms with E-state index in [0.717, 1.165) is 19.0 Å². The Labute approximate surface area is 83.5 Å². The summed E-state index contributed by atoms with van der Waals surface area (Å²) >= 11 is 0. The number of hydrogen-bond acceptors (Lipinski definition) is 2. The van der Waals surface area contributed by atoms with Crippen LogP contribution in [0.5, 0.6) is 0 Å². The lowest BCUT2D eigenvalue weighted by molar-refractivity contribution is 0.187. The zero-order chi connectivity index (χ0) is 10.3. The van der Waals surface area contributed by atoms with Crippen LogP contribution in [0.3, 0.4) is 0 Å². The van der Waals surface area contributed by atoms with Crippen molar-refractivity contribution in [2.75, 3.05) is 19.6 Å². The predicted octanol–water partition coefficient (Wildman–Crippen LogP) is 2.09. The molecule has 1 unspecified atom stereocenters. The molecule has 2 N–H and O–H groups in total. The standard InChI is InChI=1S/C11H26N2/c1-5-7-13(6-2)11(9-12)8-10(3)4/h10-11H,5-9,12H2,1-4H3. The van der Waals surface area contributed by atoms with Crippen molar-refractivity contribution in [2.45, 2.75) is 46.6 Å². The van der Waals surface area contributed by atoms with Crippen molar-refractivity contribution in [1.29, 1.82) is 0 Å². The van der Waals surface area contributed by atoms with E-state index in [-0.39, 0.29) is 0 Å². The van der Waals surface area contributed by atoms with Gasteiger partial charge in [-0.2, -0.15) is 0 Å². The zero-order valence-corrected chi connectivity index (χ0v) is 9.71. The van der Waals surface area contributed by atoms with Crippen LogP contribution in [0.15, 0.2) is 0 Å². The first-order valence-electron chi connectivity index (χ1n) is 5.59. The Kier molecular flexibility index (Phi) is 7.29. The molecule has 80 valence electrons. The van der Waals surface area contributed by atoms with Gasteiger partial charge in [-0.15, -0.1) is 0 Å². The summed E-state index contributed by atoms with van der Waals surface area (Å²) < 4.78 is 0. The third-order valence-corrected chi connectivity index (χ3v) is 2.45. The zero-order valence-electron chi connectivity index (χ0n) is 9.71. The molecule has 0 aliphatic carbocycles. The highest BCUT2D eigenvalue weighted by molar-refractivity contribution is 4.72. The maximum absolute atomic E-state index is 5.79. The van der Waals surface area contributed by atoms with Crippen LogP contribution in [0, 0.1) is 5.92 Å². The number of nitrogens with zero attached hydrogens (tertiary/aromatic N) is 1. The van der Waals surface area contributed by atoms with Gasteiger partial charge < -0.3 is 5.73 Å². The Bertz CT molecular complexity index is 113. The van der Waals surface area contributed by atoms with Crippen molar-refractivity contribution in [3.63, 3.8) is 0 Å². The smallest absolute Gasteiger partial charge is 0.0220 e. The molecule has 0 bridgehead atoms. The van der Waals surface area contributed by atoms with Gasteiger partial charge in [-0.3, -0.25) is 4.90 Å². The van der Waals surface area contributed by atoms with Gasteiger partial charge in [-0.25, -0.2) is 0 Å². The van der Waals surface area contributed by atoms with E-state index in [4.69, 9.17) is 5.73 Å². The van der Waals surface area contributed by atoms with Crippen molar-refractivity contribution >= 4 is 0 Å². The summed E-state index contributed by atoms with van der Waals surface area (Å²) in [5, 5.41) is 0. The quantitative estimate of drug-likeness (QED) is 0.659. The van der Waals surface area contributed by atoms with Crippen LogP contribution in [-0.2, 0) is 0 Å². The highest BCUT2D eigenvalue weighted by Gasteiger charge is 2.15. The van der Waals surface area contributed by atoms with Crippen molar-refractivity contribution in [2.24, 2.45) is 11.7 Å². The molecule has 0 aliphatic rings. The van der Waals surface area contributed by atoms with Gasteiger partial charge in [0.15, 0.2) is 0 Å². The number of rotatable bonds is 7. The summed E-state index contributed by atoms with van der Waals surface area (Å²) in [4.78, 5) is 2.50. The van der Waals surface area contributed by atoms with Gasteiger partial charge in [0.05, 0.1) is 0 Å². The molecule has 0 saturated carbocycles. The molecule has 0 rings (SSSR count). The molecule has 0 aromatic rings. The molecule has 0 saturated heterocycles. The molecule has 0 aliphatic heterocycles. The first-order chi connectivity index (χ1) is 6.15. The minimum Gasteiger partial charge on any atom is -0.329 e. The second-order valence-corrected chi connectivity index (χ2v) is 4.15. The van der Waals surface area contributed by atoms with E-state index in [1.807, 2.05) is 0 Å². The fourth-order valence-electron chi connectivity index (χ4n) is 1.82. The third-order valence-electron chi connectivity index (χ3n) is 2.45. The summed E-state index contributed by atoms with van der Waals surface area (Å²) in [7, 11) is 0. The van der Waals surface area contributed by atoms with Crippen LogP contribution in [0.1, 0.15) is 40.5 Å². The Hall–Kier alpha value is -0.0800. The van der Waals surface area contributed by atoms with Gasteiger partial charge in [0.25, 0.3) is 0 Å². The molecule has 0 spiro atoms. The molecule has 0 amide bonds.